The average molecular weight is 206 g/mol. The van der Waals surface area contributed by atoms with Crippen LogP contribution in [0, 0.1) is 5.41 Å². The minimum absolute atomic E-state index is 0.0308. The topological polar surface area (TPSA) is 72.2 Å². The summed E-state index contributed by atoms with van der Waals surface area (Å²) in [7, 11) is -3.12. The second kappa shape index (κ2) is 3.94. The molecule has 0 amide bonds. The molecule has 1 rings (SSSR count). The van der Waals surface area contributed by atoms with Crippen LogP contribution in [0.3, 0.4) is 0 Å². The molecule has 0 unspecified atom stereocenters. The second-order valence-corrected chi connectivity index (χ2v) is 6.02. The lowest BCUT2D eigenvalue weighted by Crippen LogP contribution is -2.41. The zero-order valence-corrected chi connectivity index (χ0v) is 8.86. The predicted molar refractivity (Wildman–Crippen MR) is 52.8 cm³/mol. The van der Waals surface area contributed by atoms with Crippen molar-refractivity contribution in [2.75, 3.05) is 18.8 Å². The fraction of sp³-hybridized carbons (Fsp3) is 1.00. The van der Waals surface area contributed by atoms with Crippen molar-refractivity contribution in [1.82, 2.24) is 4.72 Å². The highest BCUT2D eigenvalue weighted by Gasteiger charge is 2.32. The first-order valence-electron chi connectivity index (χ1n) is 4.65. The molecule has 13 heavy (non-hydrogen) atoms. The highest BCUT2D eigenvalue weighted by molar-refractivity contribution is 7.89. The molecule has 1 aliphatic rings. The molecule has 0 spiro atoms. The van der Waals surface area contributed by atoms with Gasteiger partial charge in [0.05, 0.1) is 5.75 Å². The maximum absolute atomic E-state index is 11.2. The number of rotatable bonds is 5. The van der Waals surface area contributed by atoms with Gasteiger partial charge in [-0.1, -0.05) is 13.3 Å². The smallest absolute Gasteiger partial charge is 0.212 e. The minimum Gasteiger partial charge on any atom is -0.329 e. The number of nitrogens with one attached hydrogen (secondary N) is 1. The van der Waals surface area contributed by atoms with Gasteiger partial charge in [-0.05, 0) is 18.3 Å². The van der Waals surface area contributed by atoms with Crippen LogP contribution >= 0.6 is 0 Å². The lowest BCUT2D eigenvalue weighted by Gasteiger charge is -2.38. The van der Waals surface area contributed by atoms with Crippen LogP contribution < -0.4 is 10.5 Å². The quantitative estimate of drug-likeness (QED) is 0.668. The van der Waals surface area contributed by atoms with Gasteiger partial charge < -0.3 is 5.73 Å². The Bertz CT molecular complexity index is 257. The van der Waals surface area contributed by atoms with Crippen LogP contribution in [0.15, 0.2) is 0 Å². The molecule has 5 heteroatoms. The second-order valence-electron chi connectivity index (χ2n) is 4.09. The van der Waals surface area contributed by atoms with Crippen LogP contribution in [0.25, 0.3) is 0 Å². The van der Waals surface area contributed by atoms with Gasteiger partial charge in [-0.25, -0.2) is 13.1 Å². The van der Waals surface area contributed by atoms with E-state index in [0.717, 1.165) is 12.8 Å². The molecule has 1 fully saturated rings. The Morgan fingerprint density at radius 3 is 2.46 bits per heavy atom. The Morgan fingerprint density at radius 2 is 2.08 bits per heavy atom. The molecule has 0 aromatic heterocycles. The SMILES string of the molecule is CC1(CNS(=O)(=O)CCN)CCC1. The van der Waals surface area contributed by atoms with E-state index in [1.807, 2.05) is 0 Å². The van der Waals surface area contributed by atoms with Crippen molar-refractivity contribution in [3.8, 4) is 0 Å². The lowest BCUT2D eigenvalue weighted by atomic mass is 9.71. The molecule has 0 aromatic rings. The summed E-state index contributed by atoms with van der Waals surface area (Å²) in [5.74, 6) is 0.0308. The molecule has 78 valence electrons. The third kappa shape index (κ3) is 3.25. The van der Waals surface area contributed by atoms with E-state index in [0.29, 0.717) is 6.54 Å². The molecule has 0 saturated heterocycles. The zero-order chi connectivity index (χ0) is 9.95. The van der Waals surface area contributed by atoms with Gasteiger partial charge in [0.1, 0.15) is 0 Å². The van der Waals surface area contributed by atoms with Crippen LogP contribution in [0.1, 0.15) is 26.2 Å². The summed E-state index contributed by atoms with van der Waals surface area (Å²) in [5.41, 5.74) is 5.38. The third-order valence-electron chi connectivity index (χ3n) is 2.67. The first-order valence-corrected chi connectivity index (χ1v) is 6.30. The summed E-state index contributed by atoms with van der Waals surface area (Å²) in [4.78, 5) is 0. The third-order valence-corrected chi connectivity index (χ3v) is 4.02. The van der Waals surface area contributed by atoms with Crippen LogP contribution in [0.4, 0.5) is 0 Å². The number of sulfonamides is 1. The maximum atomic E-state index is 11.2. The van der Waals surface area contributed by atoms with E-state index in [-0.39, 0.29) is 17.7 Å². The van der Waals surface area contributed by atoms with Gasteiger partial charge in [0, 0.05) is 13.1 Å². The normalized spacial score (nSPS) is 21.1. The molecule has 4 nitrogen and oxygen atoms in total. The van der Waals surface area contributed by atoms with Crippen LogP contribution in [0.5, 0.6) is 0 Å². The van der Waals surface area contributed by atoms with Crippen molar-refractivity contribution in [1.29, 1.82) is 0 Å². The van der Waals surface area contributed by atoms with Gasteiger partial charge in [-0.3, -0.25) is 0 Å². The van der Waals surface area contributed by atoms with E-state index in [1.54, 1.807) is 0 Å². The summed E-state index contributed by atoms with van der Waals surface area (Å²) < 4.78 is 25.0. The van der Waals surface area contributed by atoms with Crippen LogP contribution in [-0.2, 0) is 10.0 Å². The number of nitrogens with two attached hydrogens (primary N) is 1. The van der Waals surface area contributed by atoms with E-state index in [2.05, 4.69) is 11.6 Å². The Morgan fingerprint density at radius 1 is 1.46 bits per heavy atom. The number of hydrogen-bond donors (Lipinski definition) is 2. The van der Waals surface area contributed by atoms with Crippen molar-refractivity contribution in [2.24, 2.45) is 11.1 Å². The van der Waals surface area contributed by atoms with Crippen molar-refractivity contribution >= 4 is 10.0 Å². The molecular weight excluding hydrogens is 188 g/mol. The van der Waals surface area contributed by atoms with E-state index in [9.17, 15) is 8.42 Å². The Kier molecular flexibility index (Phi) is 3.32. The molecule has 0 bridgehead atoms. The largest absolute Gasteiger partial charge is 0.329 e. The summed E-state index contributed by atoms with van der Waals surface area (Å²) >= 11 is 0. The van der Waals surface area contributed by atoms with Gasteiger partial charge in [0.2, 0.25) is 10.0 Å². The van der Waals surface area contributed by atoms with Gasteiger partial charge in [0.15, 0.2) is 0 Å². The predicted octanol–water partition coefficient (Wildman–Crippen LogP) is 0.0547. The molecule has 0 radical (unpaired) electrons. The van der Waals surface area contributed by atoms with Crippen molar-refractivity contribution in [2.45, 2.75) is 26.2 Å². The van der Waals surface area contributed by atoms with E-state index in [1.165, 1.54) is 6.42 Å². The standard InChI is InChI=1S/C8H18N2O2S/c1-8(3-2-4-8)7-10-13(11,12)6-5-9/h10H,2-7,9H2,1H3. The molecule has 3 N–H and O–H groups in total. The highest BCUT2D eigenvalue weighted by Crippen LogP contribution is 2.39. The fourth-order valence-electron chi connectivity index (χ4n) is 1.47. The van der Waals surface area contributed by atoms with Crippen molar-refractivity contribution < 1.29 is 8.42 Å². The van der Waals surface area contributed by atoms with Crippen molar-refractivity contribution in [3.63, 3.8) is 0 Å². The van der Waals surface area contributed by atoms with E-state index in [4.69, 9.17) is 5.73 Å². The summed E-state index contributed by atoms with van der Waals surface area (Å²) in [5, 5.41) is 0. The van der Waals surface area contributed by atoms with Crippen LogP contribution in [0.2, 0.25) is 0 Å². The van der Waals surface area contributed by atoms with Gasteiger partial charge in [0.25, 0.3) is 0 Å². The minimum atomic E-state index is -3.12. The van der Waals surface area contributed by atoms with E-state index < -0.39 is 10.0 Å². The zero-order valence-electron chi connectivity index (χ0n) is 8.04. The molecule has 1 saturated carbocycles. The molecular formula is C8H18N2O2S. The monoisotopic (exact) mass is 206 g/mol. The Balaban J connectivity index is 2.33. The Labute approximate surface area is 79.9 Å². The summed E-state index contributed by atoms with van der Waals surface area (Å²) in [6, 6.07) is 0. The first kappa shape index (κ1) is 10.9. The molecule has 0 atom stereocenters. The number of hydrogen-bond acceptors (Lipinski definition) is 3. The molecule has 1 aliphatic carbocycles. The summed E-state index contributed by atoms with van der Waals surface area (Å²) in [6.07, 6.45) is 3.46. The fourth-order valence-corrected chi connectivity index (χ4v) is 2.49. The first-order chi connectivity index (χ1) is 5.97. The van der Waals surface area contributed by atoms with Crippen LogP contribution in [-0.4, -0.2) is 27.3 Å². The molecule has 0 aromatic carbocycles. The van der Waals surface area contributed by atoms with Gasteiger partial charge in [-0.2, -0.15) is 0 Å². The lowest BCUT2D eigenvalue weighted by molar-refractivity contribution is 0.166. The van der Waals surface area contributed by atoms with Gasteiger partial charge >= 0.3 is 0 Å². The summed E-state index contributed by atoms with van der Waals surface area (Å²) in [6.45, 7) is 2.86. The Hall–Kier alpha value is -0.130. The highest BCUT2D eigenvalue weighted by atomic mass is 32.2. The van der Waals surface area contributed by atoms with Crippen molar-refractivity contribution in [3.05, 3.63) is 0 Å². The van der Waals surface area contributed by atoms with E-state index >= 15 is 0 Å². The molecule has 0 heterocycles. The maximum Gasteiger partial charge on any atom is 0.212 e. The molecule has 0 aliphatic heterocycles. The van der Waals surface area contributed by atoms with Gasteiger partial charge in [-0.15, -0.1) is 0 Å². The average Bonchev–Trinajstić information content (AvgIpc) is 1.97.